The van der Waals surface area contributed by atoms with E-state index in [1.54, 1.807) is 18.2 Å². The quantitative estimate of drug-likeness (QED) is 0.197. The predicted molar refractivity (Wildman–Crippen MR) is 137 cm³/mol. The fraction of sp³-hybridized carbons (Fsp3) is 0.348. The first kappa shape index (κ1) is 25.0. The van der Waals surface area contributed by atoms with Gasteiger partial charge in [0.15, 0.2) is 0 Å². The largest absolute Gasteiger partial charge is 0.483 e. The van der Waals surface area contributed by atoms with Crippen LogP contribution in [0, 0.1) is 10.1 Å². The summed E-state index contributed by atoms with van der Waals surface area (Å²) in [5.41, 5.74) is -0.0701. The normalized spacial score (nSPS) is 12.9. The monoisotopic (exact) mass is 578 g/mol. The average molecular weight is 580 g/mol. The molecule has 0 fully saturated rings. The molecule has 33 heavy (non-hydrogen) atoms. The minimum Gasteiger partial charge on any atom is -0.483 e. The van der Waals surface area contributed by atoms with Crippen LogP contribution in [0.4, 0.5) is 5.69 Å². The van der Waals surface area contributed by atoms with Crippen LogP contribution in [0.1, 0.15) is 52.4 Å². The summed E-state index contributed by atoms with van der Waals surface area (Å²) in [6.45, 7) is 9.57. The standard InChI is InChI=1S/C23H24Br2N4O4/c1-6-13(2)33-20-14(9-16(25)11-19(20)29(31)32)12-26-28-21(30)17-10-15(24)7-8-18(17)27-22(28)23(3,4)5/h7-13H,6H2,1-5H3/t13-/m0/s1. The molecule has 10 heteroatoms. The van der Waals surface area contributed by atoms with Crippen LogP contribution in [0.15, 0.2) is 49.2 Å². The molecule has 174 valence electrons. The van der Waals surface area contributed by atoms with E-state index in [4.69, 9.17) is 4.74 Å². The average Bonchev–Trinajstić information content (AvgIpc) is 2.73. The van der Waals surface area contributed by atoms with Gasteiger partial charge in [-0.1, -0.05) is 59.6 Å². The van der Waals surface area contributed by atoms with E-state index >= 15 is 0 Å². The lowest BCUT2D eigenvalue weighted by atomic mass is 9.95. The molecule has 2 aromatic carbocycles. The Morgan fingerprint density at radius 3 is 2.55 bits per heavy atom. The summed E-state index contributed by atoms with van der Waals surface area (Å²) in [5, 5.41) is 16.5. The highest BCUT2D eigenvalue weighted by molar-refractivity contribution is 9.10. The molecule has 0 aliphatic rings. The third kappa shape index (κ3) is 5.50. The predicted octanol–water partition coefficient (Wildman–Crippen LogP) is 6.19. The zero-order chi connectivity index (χ0) is 24.5. The van der Waals surface area contributed by atoms with Crippen molar-refractivity contribution in [3.05, 3.63) is 71.1 Å². The maximum atomic E-state index is 13.4. The summed E-state index contributed by atoms with van der Waals surface area (Å²) >= 11 is 6.71. The molecule has 1 aromatic heterocycles. The number of nitrogens with zero attached hydrogens (tertiary/aromatic N) is 4. The Balaban J connectivity index is 2.27. The Morgan fingerprint density at radius 1 is 1.24 bits per heavy atom. The first-order valence-corrected chi connectivity index (χ1v) is 11.9. The molecule has 0 aliphatic carbocycles. The second kappa shape index (κ2) is 9.72. The van der Waals surface area contributed by atoms with Gasteiger partial charge < -0.3 is 4.74 Å². The van der Waals surface area contributed by atoms with E-state index in [2.05, 4.69) is 41.9 Å². The molecule has 1 heterocycles. The molecule has 8 nitrogen and oxygen atoms in total. The fourth-order valence-electron chi connectivity index (χ4n) is 3.11. The van der Waals surface area contributed by atoms with Gasteiger partial charge in [-0.2, -0.15) is 9.78 Å². The highest BCUT2D eigenvalue weighted by Gasteiger charge is 2.24. The summed E-state index contributed by atoms with van der Waals surface area (Å²) in [6.07, 6.45) is 1.82. The van der Waals surface area contributed by atoms with Crippen LogP contribution < -0.4 is 10.3 Å². The van der Waals surface area contributed by atoms with Crippen molar-refractivity contribution >= 4 is 54.7 Å². The van der Waals surface area contributed by atoms with Crippen molar-refractivity contribution in [1.82, 2.24) is 9.66 Å². The number of ether oxygens (including phenoxy) is 1. The number of hydrogen-bond donors (Lipinski definition) is 0. The summed E-state index contributed by atoms with van der Waals surface area (Å²) < 4.78 is 8.37. The second-order valence-corrected chi connectivity index (χ2v) is 10.5. The molecular formula is C23H24Br2N4O4. The van der Waals surface area contributed by atoms with Gasteiger partial charge in [-0.15, -0.1) is 0 Å². The summed E-state index contributed by atoms with van der Waals surface area (Å²) in [5.74, 6) is 0.565. The summed E-state index contributed by atoms with van der Waals surface area (Å²) in [6, 6.07) is 8.36. The Morgan fingerprint density at radius 2 is 1.94 bits per heavy atom. The maximum absolute atomic E-state index is 13.4. The van der Waals surface area contributed by atoms with E-state index in [0.717, 1.165) is 4.47 Å². The van der Waals surface area contributed by atoms with Gasteiger partial charge in [0, 0.05) is 26.0 Å². The van der Waals surface area contributed by atoms with Crippen molar-refractivity contribution in [2.75, 3.05) is 0 Å². The molecule has 0 bridgehead atoms. The van der Waals surface area contributed by atoms with Crippen molar-refractivity contribution in [2.45, 2.75) is 52.6 Å². The molecule has 0 unspecified atom stereocenters. The first-order chi connectivity index (χ1) is 15.4. The number of fused-ring (bicyclic) bond motifs is 1. The lowest BCUT2D eigenvalue weighted by Gasteiger charge is -2.21. The van der Waals surface area contributed by atoms with Crippen molar-refractivity contribution in [1.29, 1.82) is 0 Å². The molecule has 3 aromatic rings. The highest BCUT2D eigenvalue weighted by atomic mass is 79.9. The van der Waals surface area contributed by atoms with Gasteiger partial charge in [0.05, 0.1) is 28.1 Å². The molecule has 3 rings (SSSR count). The highest BCUT2D eigenvalue weighted by Crippen LogP contribution is 2.35. The number of nitro benzene ring substituents is 1. The van der Waals surface area contributed by atoms with Crippen LogP contribution in [0.2, 0.25) is 0 Å². The molecule has 0 spiro atoms. The number of aromatic nitrogens is 2. The molecule has 0 amide bonds. The lowest BCUT2D eigenvalue weighted by molar-refractivity contribution is -0.386. The summed E-state index contributed by atoms with van der Waals surface area (Å²) in [7, 11) is 0. The third-order valence-corrected chi connectivity index (χ3v) is 5.90. The third-order valence-electron chi connectivity index (χ3n) is 4.94. The van der Waals surface area contributed by atoms with Crippen LogP contribution in [-0.4, -0.2) is 26.9 Å². The van der Waals surface area contributed by atoms with Gasteiger partial charge in [0.1, 0.15) is 5.82 Å². The van der Waals surface area contributed by atoms with E-state index in [9.17, 15) is 14.9 Å². The van der Waals surface area contributed by atoms with Crippen molar-refractivity contribution in [3.63, 3.8) is 0 Å². The zero-order valence-corrected chi connectivity index (χ0v) is 22.1. The topological polar surface area (TPSA) is 99.6 Å². The molecule has 0 saturated heterocycles. The van der Waals surface area contributed by atoms with Crippen molar-refractivity contribution in [3.8, 4) is 5.75 Å². The van der Waals surface area contributed by atoms with Gasteiger partial charge in [-0.3, -0.25) is 14.9 Å². The minimum atomic E-state index is -0.498. The van der Waals surface area contributed by atoms with Crippen LogP contribution in [0.5, 0.6) is 5.75 Å². The van der Waals surface area contributed by atoms with Crippen LogP contribution in [0.3, 0.4) is 0 Å². The zero-order valence-electron chi connectivity index (χ0n) is 18.9. The Bertz CT molecular complexity index is 1310. The van der Waals surface area contributed by atoms with E-state index in [1.807, 2.05) is 40.7 Å². The second-order valence-electron chi connectivity index (χ2n) is 8.65. The molecule has 1 atom stereocenters. The number of hydrogen-bond acceptors (Lipinski definition) is 6. The summed E-state index contributed by atoms with van der Waals surface area (Å²) in [4.78, 5) is 29.2. The van der Waals surface area contributed by atoms with Gasteiger partial charge in [-0.05, 0) is 37.6 Å². The lowest BCUT2D eigenvalue weighted by Crippen LogP contribution is -2.29. The number of rotatable bonds is 6. The SMILES string of the molecule is CC[C@H](C)Oc1c(C=Nn2c(C(C)(C)C)nc3ccc(Br)cc3c2=O)cc(Br)cc1[N+](=O)[O-]. The van der Waals surface area contributed by atoms with Gasteiger partial charge in [-0.25, -0.2) is 4.98 Å². The van der Waals surface area contributed by atoms with Gasteiger partial charge >= 0.3 is 5.69 Å². The van der Waals surface area contributed by atoms with Crippen molar-refractivity contribution in [2.24, 2.45) is 5.10 Å². The molecule has 0 saturated carbocycles. The van der Waals surface area contributed by atoms with Crippen molar-refractivity contribution < 1.29 is 9.66 Å². The number of halogens is 2. The Hall–Kier alpha value is -2.59. The smallest absolute Gasteiger partial charge is 0.312 e. The van der Waals surface area contributed by atoms with Gasteiger partial charge in [0.2, 0.25) is 5.75 Å². The molecule has 0 aliphatic heterocycles. The van der Waals surface area contributed by atoms with Crippen LogP contribution >= 0.6 is 31.9 Å². The molecule has 0 N–H and O–H groups in total. The fourth-order valence-corrected chi connectivity index (χ4v) is 3.93. The van der Waals surface area contributed by atoms with Crippen LogP contribution in [0.25, 0.3) is 10.9 Å². The molecular weight excluding hydrogens is 556 g/mol. The number of nitro groups is 1. The maximum Gasteiger partial charge on any atom is 0.312 e. The van der Waals surface area contributed by atoms with Gasteiger partial charge in [0.25, 0.3) is 5.56 Å². The first-order valence-electron chi connectivity index (χ1n) is 10.3. The number of benzene rings is 2. The van der Waals surface area contributed by atoms with E-state index in [1.165, 1.54) is 17.0 Å². The van der Waals surface area contributed by atoms with E-state index in [-0.39, 0.29) is 23.1 Å². The molecule has 0 radical (unpaired) electrons. The Kier molecular flexibility index (Phi) is 7.38. The van der Waals surface area contributed by atoms with E-state index < -0.39 is 10.3 Å². The van der Waals surface area contributed by atoms with E-state index in [0.29, 0.717) is 33.2 Å². The Labute approximate surface area is 208 Å². The van der Waals surface area contributed by atoms with Crippen LogP contribution in [-0.2, 0) is 5.41 Å². The minimum absolute atomic E-state index is 0.100.